The molecule has 0 aliphatic heterocycles. The second-order valence-electron chi connectivity index (χ2n) is 4.95. The summed E-state index contributed by atoms with van der Waals surface area (Å²) >= 11 is 0. The van der Waals surface area contributed by atoms with Crippen LogP contribution in [0.4, 0.5) is 5.82 Å². The first-order valence-electron chi connectivity index (χ1n) is 6.89. The standard InChI is InChI=1S/C13H21N5O/c14-18-12-9-15-11(8-16-12)13(19)17-10-6-4-2-1-3-5-7-10/h8-10H,1-7,14H2,(H,16,18)(H,17,19). The number of nitrogens with zero attached hydrogens (tertiary/aromatic N) is 2. The fraction of sp³-hybridized carbons (Fsp3) is 0.615. The lowest BCUT2D eigenvalue weighted by Crippen LogP contribution is -2.35. The summed E-state index contributed by atoms with van der Waals surface area (Å²) in [5, 5.41) is 3.05. The maximum Gasteiger partial charge on any atom is 0.271 e. The third kappa shape index (κ3) is 4.17. The molecule has 1 aromatic heterocycles. The Hall–Kier alpha value is -1.69. The number of hydrogen-bond donors (Lipinski definition) is 3. The van der Waals surface area contributed by atoms with Crippen LogP contribution < -0.4 is 16.6 Å². The summed E-state index contributed by atoms with van der Waals surface area (Å²) in [5.41, 5.74) is 2.72. The van der Waals surface area contributed by atoms with E-state index in [4.69, 9.17) is 5.84 Å². The summed E-state index contributed by atoms with van der Waals surface area (Å²) in [4.78, 5) is 20.1. The zero-order chi connectivity index (χ0) is 13.5. The van der Waals surface area contributed by atoms with Crippen molar-refractivity contribution in [3.63, 3.8) is 0 Å². The quantitative estimate of drug-likeness (QED) is 0.569. The maximum atomic E-state index is 12.0. The van der Waals surface area contributed by atoms with Gasteiger partial charge in [0.2, 0.25) is 0 Å². The Kier molecular flexibility index (Phi) is 5.09. The second kappa shape index (κ2) is 7.04. The normalized spacial score (nSPS) is 17.3. The van der Waals surface area contributed by atoms with E-state index in [-0.39, 0.29) is 11.9 Å². The average Bonchev–Trinajstić information content (AvgIpc) is 2.41. The molecule has 4 N–H and O–H groups in total. The molecule has 19 heavy (non-hydrogen) atoms. The highest BCUT2D eigenvalue weighted by molar-refractivity contribution is 5.92. The molecule has 6 nitrogen and oxygen atoms in total. The average molecular weight is 263 g/mol. The first kappa shape index (κ1) is 13.7. The molecule has 1 aliphatic rings. The van der Waals surface area contributed by atoms with Gasteiger partial charge in [-0.15, -0.1) is 0 Å². The van der Waals surface area contributed by atoms with Gasteiger partial charge in [0.25, 0.3) is 5.91 Å². The number of nitrogens with two attached hydrogens (primary N) is 1. The van der Waals surface area contributed by atoms with Gasteiger partial charge < -0.3 is 10.7 Å². The Balaban J connectivity index is 1.91. The number of amides is 1. The molecule has 1 heterocycles. The monoisotopic (exact) mass is 263 g/mol. The first-order valence-corrected chi connectivity index (χ1v) is 6.89. The summed E-state index contributed by atoms with van der Waals surface area (Å²) in [6.07, 6.45) is 11.2. The molecule has 0 radical (unpaired) electrons. The summed E-state index contributed by atoms with van der Waals surface area (Å²) in [6, 6.07) is 0.266. The third-order valence-electron chi connectivity index (χ3n) is 3.47. The predicted molar refractivity (Wildman–Crippen MR) is 73.4 cm³/mol. The SMILES string of the molecule is NNc1cnc(C(=O)NC2CCCCCCC2)cn1. The summed E-state index contributed by atoms with van der Waals surface area (Å²) in [7, 11) is 0. The molecule has 6 heteroatoms. The highest BCUT2D eigenvalue weighted by Crippen LogP contribution is 2.17. The van der Waals surface area contributed by atoms with Crippen LogP contribution in [0.1, 0.15) is 55.4 Å². The van der Waals surface area contributed by atoms with E-state index in [1.165, 1.54) is 44.5 Å². The van der Waals surface area contributed by atoms with Crippen molar-refractivity contribution in [2.24, 2.45) is 5.84 Å². The number of nitrogens with one attached hydrogen (secondary N) is 2. The number of rotatable bonds is 3. The van der Waals surface area contributed by atoms with E-state index in [0.29, 0.717) is 11.5 Å². The van der Waals surface area contributed by atoms with Gasteiger partial charge in [-0.3, -0.25) is 4.79 Å². The lowest BCUT2D eigenvalue weighted by molar-refractivity contribution is 0.0925. The van der Waals surface area contributed by atoms with Crippen LogP contribution in [0.5, 0.6) is 0 Å². The molecule has 1 fully saturated rings. The van der Waals surface area contributed by atoms with Crippen molar-refractivity contribution in [3.8, 4) is 0 Å². The minimum atomic E-state index is -0.151. The fourth-order valence-corrected chi connectivity index (χ4v) is 2.38. The number of carbonyl (C=O) groups is 1. The molecule has 1 aliphatic carbocycles. The molecule has 0 aromatic carbocycles. The van der Waals surface area contributed by atoms with Crippen LogP contribution in [0.25, 0.3) is 0 Å². The van der Waals surface area contributed by atoms with Crippen LogP contribution in [0.2, 0.25) is 0 Å². The predicted octanol–water partition coefficient (Wildman–Crippen LogP) is 1.60. The number of aromatic nitrogens is 2. The maximum absolute atomic E-state index is 12.0. The van der Waals surface area contributed by atoms with Gasteiger partial charge in [-0.1, -0.05) is 32.1 Å². The van der Waals surface area contributed by atoms with Gasteiger partial charge in [0, 0.05) is 6.04 Å². The number of anilines is 1. The van der Waals surface area contributed by atoms with Crippen LogP contribution in [0.15, 0.2) is 12.4 Å². The number of hydrazine groups is 1. The van der Waals surface area contributed by atoms with Crippen molar-refractivity contribution in [1.29, 1.82) is 0 Å². The van der Waals surface area contributed by atoms with Gasteiger partial charge in [0.05, 0.1) is 12.4 Å². The van der Waals surface area contributed by atoms with Gasteiger partial charge in [-0.05, 0) is 12.8 Å². The molecule has 0 unspecified atom stereocenters. The lowest BCUT2D eigenvalue weighted by Gasteiger charge is -2.20. The van der Waals surface area contributed by atoms with E-state index < -0.39 is 0 Å². The van der Waals surface area contributed by atoms with Crippen LogP contribution in [-0.4, -0.2) is 21.9 Å². The van der Waals surface area contributed by atoms with Crippen molar-refractivity contribution in [1.82, 2.24) is 15.3 Å². The van der Waals surface area contributed by atoms with Crippen LogP contribution in [-0.2, 0) is 0 Å². The molecule has 0 atom stereocenters. The molecule has 1 saturated carbocycles. The number of hydrogen-bond acceptors (Lipinski definition) is 5. The Morgan fingerprint density at radius 3 is 2.37 bits per heavy atom. The van der Waals surface area contributed by atoms with E-state index in [0.717, 1.165) is 12.8 Å². The van der Waals surface area contributed by atoms with E-state index >= 15 is 0 Å². The van der Waals surface area contributed by atoms with E-state index in [2.05, 4.69) is 20.7 Å². The summed E-state index contributed by atoms with van der Waals surface area (Å²) < 4.78 is 0. The van der Waals surface area contributed by atoms with Crippen molar-refractivity contribution in [2.45, 2.75) is 51.0 Å². The molecule has 0 spiro atoms. The molecule has 1 aromatic rings. The topological polar surface area (TPSA) is 92.9 Å². The summed E-state index contributed by atoms with van der Waals surface area (Å²) in [6.45, 7) is 0. The lowest BCUT2D eigenvalue weighted by atomic mass is 9.96. The van der Waals surface area contributed by atoms with Gasteiger partial charge in [0.15, 0.2) is 5.82 Å². The van der Waals surface area contributed by atoms with Crippen molar-refractivity contribution >= 4 is 11.7 Å². The van der Waals surface area contributed by atoms with Gasteiger partial charge in [-0.2, -0.15) is 0 Å². The molecule has 2 rings (SSSR count). The Morgan fingerprint density at radius 2 is 1.79 bits per heavy atom. The molecular weight excluding hydrogens is 242 g/mol. The van der Waals surface area contributed by atoms with Crippen LogP contribution in [0.3, 0.4) is 0 Å². The largest absolute Gasteiger partial charge is 0.348 e. The Morgan fingerprint density at radius 1 is 1.11 bits per heavy atom. The minimum Gasteiger partial charge on any atom is -0.348 e. The van der Waals surface area contributed by atoms with Gasteiger partial charge in [-0.25, -0.2) is 15.8 Å². The Labute approximate surface area is 113 Å². The Bertz CT molecular complexity index is 398. The first-order chi connectivity index (χ1) is 9.29. The number of carbonyl (C=O) groups excluding carboxylic acids is 1. The van der Waals surface area contributed by atoms with E-state index in [1.54, 1.807) is 0 Å². The van der Waals surface area contributed by atoms with Crippen molar-refractivity contribution in [3.05, 3.63) is 18.1 Å². The van der Waals surface area contributed by atoms with Gasteiger partial charge >= 0.3 is 0 Å². The fourth-order valence-electron chi connectivity index (χ4n) is 2.38. The smallest absolute Gasteiger partial charge is 0.271 e. The van der Waals surface area contributed by atoms with E-state index in [1.807, 2.05) is 0 Å². The highest BCUT2D eigenvalue weighted by Gasteiger charge is 2.16. The zero-order valence-electron chi connectivity index (χ0n) is 11.1. The third-order valence-corrected chi connectivity index (χ3v) is 3.47. The molecule has 0 bridgehead atoms. The van der Waals surface area contributed by atoms with E-state index in [9.17, 15) is 4.79 Å². The molecular formula is C13H21N5O. The number of nitrogen functional groups attached to an aromatic ring is 1. The van der Waals surface area contributed by atoms with Gasteiger partial charge in [0.1, 0.15) is 5.69 Å². The molecule has 104 valence electrons. The minimum absolute atomic E-state index is 0.151. The van der Waals surface area contributed by atoms with Crippen molar-refractivity contribution < 1.29 is 4.79 Å². The van der Waals surface area contributed by atoms with Crippen molar-refractivity contribution in [2.75, 3.05) is 5.43 Å². The van der Waals surface area contributed by atoms with Crippen LogP contribution >= 0.6 is 0 Å². The second-order valence-corrected chi connectivity index (χ2v) is 4.95. The molecule has 1 amide bonds. The highest BCUT2D eigenvalue weighted by atomic mass is 16.1. The van der Waals surface area contributed by atoms with Crippen LogP contribution in [0, 0.1) is 0 Å². The zero-order valence-corrected chi connectivity index (χ0v) is 11.1. The summed E-state index contributed by atoms with van der Waals surface area (Å²) in [5.74, 6) is 5.50. The molecule has 0 saturated heterocycles.